The van der Waals surface area contributed by atoms with Crippen LogP contribution in [0.5, 0.6) is 5.75 Å². The fourth-order valence-corrected chi connectivity index (χ4v) is 3.83. The Bertz CT molecular complexity index is 1200. The number of carbonyl (C=O) groups excluding carboxylic acids is 1. The molecule has 0 aliphatic rings. The van der Waals surface area contributed by atoms with E-state index in [1.54, 1.807) is 36.4 Å². The highest BCUT2D eigenvalue weighted by Gasteiger charge is 2.17. The average Bonchev–Trinajstić information content (AvgIpc) is 2.67. The van der Waals surface area contributed by atoms with Crippen molar-refractivity contribution in [2.45, 2.75) is 11.8 Å². The van der Waals surface area contributed by atoms with Crippen molar-refractivity contribution in [2.75, 3.05) is 4.72 Å². The summed E-state index contributed by atoms with van der Waals surface area (Å²) in [5, 5.41) is 18.7. The molecule has 8 heteroatoms. The van der Waals surface area contributed by atoms with E-state index in [2.05, 4.69) is 4.72 Å². The van der Waals surface area contributed by atoms with Crippen molar-refractivity contribution < 1.29 is 28.2 Å². The van der Waals surface area contributed by atoms with Crippen LogP contribution in [-0.4, -0.2) is 30.4 Å². The van der Waals surface area contributed by atoms with E-state index in [1.807, 2.05) is 0 Å². The molecule has 0 aromatic heterocycles. The first-order chi connectivity index (χ1) is 13.7. The Morgan fingerprint density at radius 3 is 2.17 bits per heavy atom. The van der Waals surface area contributed by atoms with Gasteiger partial charge in [0.15, 0.2) is 5.78 Å². The first-order valence-corrected chi connectivity index (χ1v) is 9.96. The minimum absolute atomic E-state index is 0.00700. The van der Waals surface area contributed by atoms with Crippen LogP contribution in [-0.2, 0) is 10.0 Å². The zero-order chi connectivity index (χ0) is 21.2. The van der Waals surface area contributed by atoms with Gasteiger partial charge in [0.25, 0.3) is 10.0 Å². The van der Waals surface area contributed by atoms with Gasteiger partial charge >= 0.3 is 5.97 Å². The number of sulfonamides is 1. The normalized spacial score (nSPS) is 11.1. The van der Waals surface area contributed by atoms with Crippen LogP contribution in [0.4, 0.5) is 5.69 Å². The Kier molecular flexibility index (Phi) is 5.38. The van der Waals surface area contributed by atoms with Gasteiger partial charge in [0.05, 0.1) is 10.6 Å². The number of aromatic hydroxyl groups is 1. The molecule has 0 radical (unpaired) electrons. The van der Waals surface area contributed by atoms with Gasteiger partial charge in [-0.25, -0.2) is 13.2 Å². The number of nitrogens with one attached hydrogen (secondary N) is 1. The van der Waals surface area contributed by atoms with Crippen LogP contribution in [0.3, 0.4) is 0 Å². The van der Waals surface area contributed by atoms with Gasteiger partial charge in [-0.1, -0.05) is 36.4 Å². The number of carboxylic acid groups (broad SMARTS) is 1. The molecule has 0 amide bonds. The molecule has 3 aromatic rings. The third-order valence-corrected chi connectivity index (χ3v) is 5.63. The lowest BCUT2D eigenvalue weighted by molar-refractivity contribution is 0.0693. The second kappa shape index (κ2) is 7.76. The molecular formula is C21H17NO6S. The minimum Gasteiger partial charge on any atom is -0.507 e. The fourth-order valence-electron chi connectivity index (χ4n) is 2.73. The largest absolute Gasteiger partial charge is 0.507 e. The maximum absolute atomic E-state index is 12.7. The maximum Gasteiger partial charge on any atom is 0.339 e. The number of hydrogen-bond donors (Lipinski definition) is 3. The maximum atomic E-state index is 12.7. The number of anilines is 1. The van der Waals surface area contributed by atoms with Gasteiger partial charge in [0.1, 0.15) is 11.3 Å². The second-order valence-corrected chi connectivity index (χ2v) is 7.99. The van der Waals surface area contributed by atoms with Gasteiger partial charge in [-0.3, -0.25) is 9.52 Å². The molecule has 3 aromatic carbocycles. The van der Waals surface area contributed by atoms with Crippen LogP contribution in [0.2, 0.25) is 0 Å². The lowest BCUT2D eigenvalue weighted by atomic mass is 10.0. The smallest absolute Gasteiger partial charge is 0.339 e. The SMILES string of the molecule is CC(=O)c1ccc(-c2cccc(S(=O)(=O)Nc3ccc(C(=O)O)c(O)c3)c2)cc1. The molecule has 7 nitrogen and oxygen atoms in total. The molecule has 0 saturated heterocycles. The number of rotatable bonds is 6. The van der Waals surface area contributed by atoms with E-state index in [1.165, 1.54) is 25.1 Å². The van der Waals surface area contributed by atoms with Crippen molar-refractivity contribution in [2.24, 2.45) is 0 Å². The highest BCUT2D eigenvalue weighted by atomic mass is 32.2. The molecule has 0 aliphatic heterocycles. The first-order valence-electron chi connectivity index (χ1n) is 8.48. The third kappa shape index (κ3) is 4.44. The zero-order valence-electron chi connectivity index (χ0n) is 15.3. The summed E-state index contributed by atoms with van der Waals surface area (Å²) in [6, 6.07) is 16.4. The number of ketones is 1. The van der Waals surface area contributed by atoms with Gasteiger partial charge in [0, 0.05) is 11.6 Å². The zero-order valence-corrected chi connectivity index (χ0v) is 16.1. The van der Waals surface area contributed by atoms with E-state index < -0.39 is 21.7 Å². The lowest BCUT2D eigenvalue weighted by Gasteiger charge is -2.11. The standard InChI is InChI=1S/C21H17NO6S/c1-13(23)14-5-7-15(8-6-14)16-3-2-4-18(11-16)29(27,28)22-17-9-10-19(21(25)26)20(24)12-17/h2-12,22,24H,1H3,(H,25,26). The summed E-state index contributed by atoms with van der Waals surface area (Å²) in [5.74, 6) is -1.92. The molecule has 0 spiro atoms. The summed E-state index contributed by atoms with van der Waals surface area (Å²) < 4.78 is 27.7. The number of carbonyl (C=O) groups is 2. The Morgan fingerprint density at radius 1 is 0.897 bits per heavy atom. The summed E-state index contributed by atoms with van der Waals surface area (Å²) >= 11 is 0. The van der Waals surface area contributed by atoms with Crippen molar-refractivity contribution in [1.29, 1.82) is 0 Å². The van der Waals surface area contributed by atoms with Crippen LogP contribution >= 0.6 is 0 Å². The summed E-state index contributed by atoms with van der Waals surface area (Å²) in [5.41, 5.74) is 1.65. The third-order valence-electron chi connectivity index (χ3n) is 4.25. The molecule has 0 fully saturated rings. The van der Waals surface area contributed by atoms with Gasteiger partial charge in [-0.15, -0.1) is 0 Å². The average molecular weight is 411 g/mol. The number of aromatic carboxylic acids is 1. The number of carboxylic acids is 1. The lowest BCUT2D eigenvalue weighted by Crippen LogP contribution is -2.13. The summed E-state index contributed by atoms with van der Waals surface area (Å²) in [6.45, 7) is 1.47. The Labute approximate surface area is 167 Å². The number of benzene rings is 3. The quantitative estimate of drug-likeness (QED) is 0.531. The Balaban J connectivity index is 1.90. The van der Waals surface area contributed by atoms with Crippen molar-refractivity contribution in [3.63, 3.8) is 0 Å². The minimum atomic E-state index is -3.98. The number of hydrogen-bond acceptors (Lipinski definition) is 5. The summed E-state index contributed by atoms with van der Waals surface area (Å²) in [7, 11) is -3.98. The summed E-state index contributed by atoms with van der Waals surface area (Å²) in [6.07, 6.45) is 0. The first kappa shape index (κ1) is 20.1. The summed E-state index contributed by atoms with van der Waals surface area (Å²) in [4.78, 5) is 22.3. The molecule has 0 heterocycles. The van der Waals surface area contributed by atoms with E-state index in [-0.39, 0.29) is 21.9 Å². The topological polar surface area (TPSA) is 121 Å². The van der Waals surface area contributed by atoms with Crippen LogP contribution in [0.25, 0.3) is 11.1 Å². The van der Waals surface area contributed by atoms with Gasteiger partial charge in [-0.05, 0) is 42.3 Å². The molecule has 148 valence electrons. The van der Waals surface area contributed by atoms with Crippen molar-refractivity contribution in [1.82, 2.24) is 0 Å². The van der Waals surface area contributed by atoms with E-state index in [0.717, 1.165) is 17.7 Å². The molecule has 0 aliphatic carbocycles. The van der Waals surface area contributed by atoms with Crippen molar-refractivity contribution >= 4 is 27.5 Å². The molecule has 3 rings (SSSR count). The van der Waals surface area contributed by atoms with Gasteiger partial charge < -0.3 is 10.2 Å². The van der Waals surface area contributed by atoms with E-state index in [4.69, 9.17) is 5.11 Å². The molecular weight excluding hydrogens is 394 g/mol. The molecule has 0 unspecified atom stereocenters. The molecule has 3 N–H and O–H groups in total. The van der Waals surface area contributed by atoms with Gasteiger partial charge in [0.2, 0.25) is 0 Å². The highest BCUT2D eigenvalue weighted by Crippen LogP contribution is 2.27. The van der Waals surface area contributed by atoms with Crippen LogP contribution < -0.4 is 4.72 Å². The van der Waals surface area contributed by atoms with Gasteiger partial charge in [-0.2, -0.15) is 0 Å². The van der Waals surface area contributed by atoms with Crippen LogP contribution in [0.1, 0.15) is 27.6 Å². The number of Topliss-reactive ketones (excluding diaryl/α,β-unsaturated/α-hetero) is 1. The van der Waals surface area contributed by atoms with Crippen molar-refractivity contribution in [3.05, 3.63) is 77.9 Å². The van der Waals surface area contributed by atoms with E-state index in [0.29, 0.717) is 11.1 Å². The van der Waals surface area contributed by atoms with Crippen molar-refractivity contribution in [3.8, 4) is 16.9 Å². The Hall–Kier alpha value is -3.65. The second-order valence-electron chi connectivity index (χ2n) is 6.30. The Morgan fingerprint density at radius 2 is 1.59 bits per heavy atom. The predicted molar refractivity (Wildman–Crippen MR) is 108 cm³/mol. The highest BCUT2D eigenvalue weighted by molar-refractivity contribution is 7.92. The molecule has 0 atom stereocenters. The number of phenols is 1. The molecule has 0 saturated carbocycles. The molecule has 0 bridgehead atoms. The van der Waals surface area contributed by atoms with E-state index in [9.17, 15) is 23.1 Å². The molecule has 29 heavy (non-hydrogen) atoms. The van der Waals surface area contributed by atoms with E-state index >= 15 is 0 Å². The predicted octanol–water partition coefficient (Wildman–Crippen LogP) is 3.76. The van der Waals surface area contributed by atoms with Crippen LogP contribution in [0.15, 0.2) is 71.6 Å². The fraction of sp³-hybridized carbons (Fsp3) is 0.0476. The monoisotopic (exact) mass is 411 g/mol. The van der Waals surface area contributed by atoms with Crippen LogP contribution in [0, 0.1) is 0 Å².